The lowest BCUT2D eigenvalue weighted by Crippen LogP contribution is -2.51. The minimum absolute atomic E-state index is 0.129. The van der Waals surface area contributed by atoms with Crippen molar-refractivity contribution in [1.82, 2.24) is 24.6 Å². The predicted octanol–water partition coefficient (Wildman–Crippen LogP) is 2.89. The van der Waals surface area contributed by atoms with Crippen LogP contribution in [0, 0.1) is 0 Å². The fraction of sp³-hybridized carbons (Fsp3) is 0.480. The molecular weight excluding hydrogens is 466 g/mol. The first kappa shape index (κ1) is 25.3. The van der Waals surface area contributed by atoms with E-state index in [1.54, 1.807) is 30.0 Å². The second-order valence-electron chi connectivity index (χ2n) is 8.82. The molecule has 9 nitrogen and oxygen atoms in total. The molecule has 3 aromatic rings. The van der Waals surface area contributed by atoms with Crippen LogP contribution in [0.25, 0.3) is 11.0 Å². The minimum atomic E-state index is -3.88. The van der Waals surface area contributed by atoms with Crippen LogP contribution < -0.4 is 5.32 Å². The Morgan fingerprint density at radius 1 is 1.14 bits per heavy atom. The number of carbonyl (C=O) groups is 1. The quantitative estimate of drug-likeness (QED) is 0.430. The van der Waals surface area contributed by atoms with Crippen molar-refractivity contribution in [2.45, 2.75) is 63.1 Å². The minimum Gasteiger partial charge on any atom is -0.385 e. The molecule has 0 radical (unpaired) electrons. The number of nitrogens with zero attached hydrogens (tertiary/aromatic N) is 4. The van der Waals surface area contributed by atoms with Gasteiger partial charge in [-0.15, -0.1) is 5.10 Å². The molecule has 10 heteroatoms. The molecule has 1 aliphatic rings. The van der Waals surface area contributed by atoms with E-state index in [9.17, 15) is 13.2 Å². The summed E-state index contributed by atoms with van der Waals surface area (Å²) in [5, 5.41) is 11.2. The molecule has 1 saturated heterocycles. The Hall–Kier alpha value is -2.82. The van der Waals surface area contributed by atoms with Gasteiger partial charge in [-0.05, 0) is 55.0 Å². The zero-order chi connectivity index (χ0) is 24.8. The van der Waals surface area contributed by atoms with Crippen molar-refractivity contribution in [2.75, 3.05) is 20.3 Å². The van der Waals surface area contributed by atoms with E-state index < -0.39 is 16.1 Å². The lowest BCUT2D eigenvalue weighted by atomic mass is 10.0. The van der Waals surface area contributed by atoms with Gasteiger partial charge in [-0.3, -0.25) is 4.79 Å². The first-order chi connectivity index (χ1) is 16.9. The molecule has 1 fully saturated rings. The van der Waals surface area contributed by atoms with Gasteiger partial charge in [0.05, 0.1) is 10.4 Å². The molecule has 35 heavy (non-hydrogen) atoms. The summed E-state index contributed by atoms with van der Waals surface area (Å²) < 4.78 is 35.3. The summed E-state index contributed by atoms with van der Waals surface area (Å²) >= 11 is 0. The van der Waals surface area contributed by atoms with Crippen LogP contribution in [0.5, 0.6) is 0 Å². The summed E-state index contributed by atoms with van der Waals surface area (Å²) in [5.74, 6) is -0.266. The summed E-state index contributed by atoms with van der Waals surface area (Å²) in [7, 11) is -2.23. The van der Waals surface area contributed by atoms with Crippen molar-refractivity contribution in [1.29, 1.82) is 0 Å². The molecular formula is C25H33N5O4S. The molecule has 188 valence electrons. The van der Waals surface area contributed by atoms with Crippen LogP contribution in [-0.4, -0.2) is 59.9 Å². The van der Waals surface area contributed by atoms with E-state index in [2.05, 4.69) is 22.6 Å². The number of rotatable bonds is 10. The Kier molecular flexibility index (Phi) is 8.15. The van der Waals surface area contributed by atoms with Gasteiger partial charge >= 0.3 is 0 Å². The molecule has 0 spiro atoms. The number of amides is 1. The molecule has 4 rings (SSSR count). The SMILES string of the molecule is CCc1ccc(CNC(=O)[C@H]2CCCCN2S(=O)(=O)c2ccc3c(c2)nnn3CCCOC)cc1. The van der Waals surface area contributed by atoms with E-state index in [0.717, 1.165) is 36.8 Å². The van der Waals surface area contributed by atoms with Gasteiger partial charge in [0.2, 0.25) is 15.9 Å². The molecule has 1 atom stereocenters. The highest BCUT2D eigenvalue weighted by Crippen LogP contribution is 2.27. The molecule has 1 aromatic heterocycles. The van der Waals surface area contributed by atoms with Crippen molar-refractivity contribution >= 4 is 27.0 Å². The maximum atomic E-state index is 13.6. The smallest absolute Gasteiger partial charge is 0.243 e. The van der Waals surface area contributed by atoms with Gasteiger partial charge in [0.25, 0.3) is 0 Å². The Morgan fingerprint density at radius 3 is 2.66 bits per heavy atom. The highest BCUT2D eigenvalue weighted by Gasteiger charge is 2.37. The largest absolute Gasteiger partial charge is 0.385 e. The molecule has 0 saturated carbocycles. The third-order valence-corrected chi connectivity index (χ3v) is 8.37. The highest BCUT2D eigenvalue weighted by molar-refractivity contribution is 7.89. The number of nitrogens with one attached hydrogen (secondary N) is 1. The van der Waals surface area contributed by atoms with Gasteiger partial charge in [-0.1, -0.05) is 42.8 Å². The maximum Gasteiger partial charge on any atom is 0.243 e. The van der Waals surface area contributed by atoms with Crippen molar-refractivity contribution in [3.8, 4) is 0 Å². The first-order valence-electron chi connectivity index (χ1n) is 12.1. The lowest BCUT2D eigenvalue weighted by molar-refractivity contribution is -0.125. The van der Waals surface area contributed by atoms with Gasteiger partial charge in [0.1, 0.15) is 11.6 Å². The lowest BCUT2D eigenvalue weighted by Gasteiger charge is -2.33. The summed E-state index contributed by atoms with van der Waals surface area (Å²) in [6, 6.07) is 12.2. The van der Waals surface area contributed by atoms with Crippen LogP contribution >= 0.6 is 0 Å². The normalized spacial score (nSPS) is 17.0. The number of hydrogen-bond acceptors (Lipinski definition) is 6. The van der Waals surface area contributed by atoms with E-state index in [-0.39, 0.29) is 10.8 Å². The first-order valence-corrected chi connectivity index (χ1v) is 13.6. The number of ether oxygens (including phenoxy) is 1. The predicted molar refractivity (Wildman–Crippen MR) is 133 cm³/mol. The number of piperidine rings is 1. The van der Waals surface area contributed by atoms with Crippen molar-refractivity contribution in [3.63, 3.8) is 0 Å². The Bertz CT molecular complexity index is 1260. The van der Waals surface area contributed by atoms with E-state index in [1.807, 2.05) is 24.3 Å². The Morgan fingerprint density at radius 2 is 1.91 bits per heavy atom. The summed E-state index contributed by atoms with van der Waals surface area (Å²) in [5.41, 5.74) is 3.50. The number of sulfonamides is 1. The highest BCUT2D eigenvalue weighted by atomic mass is 32.2. The summed E-state index contributed by atoms with van der Waals surface area (Å²) in [6.07, 6.45) is 3.76. The van der Waals surface area contributed by atoms with E-state index >= 15 is 0 Å². The second-order valence-corrected chi connectivity index (χ2v) is 10.7. The van der Waals surface area contributed by atoms with Crippen molar-refractivity contribution in [3.05, 3.63) is 53.6 Å². The average Bonchev–Trinajstić information content (AvgIpc) is 3.30. The molecule has 0 bridgehead atoms. The van der Waals surface area contributed by atoms with Crippen molar-refractivity contribution in [2.24, 2.45) is 0 Å². The monoisotopic (exact) mass is 499 g/mol. The molecule has 0 aliphatic carbocycles. The van der Waals surface area contributed by atoms with Gasteiger partial charge in [0.15, 0.2) is 0 Å². The second kappa shape index (κ2) is 11.3. The van der Waals surface area contributed by atoms with Gasteiger partial charge < -0.3 is 10.1 Å². The third-order valence-electron chi connectivity index (χ3n) is 6.46. The molecule has 1 amide bonds. The number of methoxy groups -OCH3 is 1. The number of hydrogen-bond donors (Lipinski definition) is 1. The number of fused-ring (bicyclic) bond motifs is 1. The Labute approximate surface area is 206 Å². The number of carbonyl (C=O) groups excluding carboxylic acids is 1. The average molecular weight is 500 g/mol. The molecule has 2 aromatic carbocycles. The molecule has 0 unspecified atom stereocenters. The van der Waals surface area contributed by atoms with Crippen LogP contribution in [0.15, 0.2) is 47.4 Å². The summed E-state index contributed by atoms with van der Waals surface area (Å²) in [6.45, 7) is 4.01. The standard InChI is InChI=1S/C25H33N5O4S/c1-3-19-8-10-20(11-9-19)18-26-25(31)24-7-4-5-15-30(24)35(32,33)21-12-13-23-22(17-21)27-28-29(23)14-6-16-34-2/h8-13,17,24H,3-7,14-16,18H2,1-2H3,(H,26,31)/t24-/m1/s1. The fourth-order valence-corrected chi connectivity index (χ4v) is 6.10. The van der Waals surface area contributed by atoms with Gasteiger partial charge in [-0.25, -0.2) is 13.1 Å². The third kappa shape index (κ3) is 5.71. The van der Waals surface area contributed by atoms with Crippen LogP contribution in [0.4, 0.5) is 0 Å². The van der Waals surface area contributed by atoms with Crippen LogP contribution in [0.2, 0.25) is 0 Å². The van der Waals surface area contributed by atoms with Crippen LogP contribution in [0.3, 0.4) is 0 Å². The number of aromatic nitrogens is 3. The van der Waals surface area contributed by atoms with E-state index in [4.69, 9.17) is 4.74 Å². The zero-order valence-corrected chi connectivity index (χ0v) is 21.1. The van der Waals surface area contributed by atoms with Gasteiger partial charge in [-0.2, -0.15) is 4.31 Å². The molecule has 1 N–H and O–H groups in total. The summed E-state index contributed by atoms with van der Waals surface area (Å²) in [4.78, 5) is 13.2. The van der Waals surface area contributed by atoms with Crippen molar-refractivity contribution < 1.29 is 17.9 Å². The topological polar surface area (TPSA) is 106 Å². The number of benzene rings is 2. The van der Waals surface area contributed by atoms with Crippen LogP contribution in [0.1, 0.15) is 43.7 Å². The fourth-order valence-electron chi connectivity index (χ4n) is 4.43. The Balaban J connectivity index is 1.49. The number of aryl methyl sites for hydroxylation is 2. The van der Waals surface area contributed by atoms with E-state index in [1.165, 1.54) is 9.87 Å². The maximum absolute atomic E-state index is 13.6. The zero-order valence-electron chi connectivity index (χ0n) is 20.3. The van der Waals surface area contributed by atoms with Crippen LogP contribution in [-0.2, 0) is 39.1 Å². The van der Waals surface area contributed by atoms with Gasteiger partial charge in [0, 0.05) is 33.4 Å². The molecule has 1 aliphatic heterocycles. The molecule has 2 heterocycles. The van der Waals surface area contributed by atoms with E-state index in [0.29, 0.717) is 38.2 Å².